The van der Waals surface area contributed by atoms with Crippen LogP contribution in [0.15, 0.2) is 77.9 Å². The van der Waals surface area contributed by atoms with Crippen LogP contribution in [-0.2, 0) is 0 Å². The maximum Gasteiger partial charge on any atom is 0.255 e. The van der Waals surface area contributed by atoms with Gasteiger partial charge in [0.25, 0.3) is 5.91 Å². The van der Waals surface area contributed by atoms with Crippen LogP contribution in [0.1, 0.15) is 15.9 Å². The van der Waals surface area contributed by atoms with Gasteiger partial charge < -0.3 is 5.32 Å². The topological polar surface area (TPSA) is 71.7 Å². The van der Waals surface area contributed by atoms with E-state index in [1.165, 1.54) is 0 Å². The van der Waals surface area contributed by atoms with Crippen molar-refractivity contribution in [1.29, 1.82) is 0 Å². The van der Waals surface area contributed by atoms with E-state index < -0.39 is 0 Å². The van der Waals surface area contributed by atoms with E-state index >= 15 is 0 Å². The first kappa shape index (κ1) is 17.1. The van der Waals surface area contributed by atoms with Crippen LogP contribution < -0.4 is 5.32 Å². The van der Waals surface area contributed by atoms with Crippen molar-refractivity contribution in [1.82, 2.24) is 14.4 Å². The molecule has 5 rings (SSSR count). The van der Waals surface area contributed by atoms with Gasteiger partial charge >= 0.3 is 0 Å². The molecule has 1 amide bonds. The van der Waals surface area contributed by atoms with Gasteiger partial charge in [0.2, 0.25) is 0 Å². The van der Waals surface area contributed by atoms with Crippen molar-refractivity contribution < 1.29 is 4.79 Å². The minimum atomic E-state index is -0.154. The molecule has 0 fully saturated rings. The summed E-state index contributed by atoms with van der Waals surface area (Å²) in [5, 5.41) is 2.96. The molecule has 2 aromatic carbocycles. The molecule has 0 atom stereocenters. The van der Waals surface area contributed by atoms with E-state index in [0.717, 1.165) is 33.3 Å². The molecule has 1 N–H and O–H groups in total. The highest BCUT2D eigenvalue weighted by Crippen LogP contribution is 2.27. The normalized spacial score (nSPS) is 11.6. The van der Waals surface area contributed by atoms with Crippen LogP contribution in [0, 0.1) is 0 Å². The quantitative estimate of drug-likeness (QED) is 0.474. The number of pyridine rings is 1. The number of anilines is 1. The maximum atomic E-state index is 12.5. The Labute approximate surface area is 166 Å². The first-order valence-electron chi connectivity index (χ1n) is 9.24. The average molecular weight is 379 g/mol. The van der Waals surface area contributed by atoms with Crippen molar-refractivity contribution in [3.63, 3.8) is 0 Å². The summed E-state index contributed by atoms with van der Waals surface area (Å²) in [6, 6.07) is 20.7. The standard InChI is InChI=1S/C23H17N5O/c1-24-14-17-20-13-16(25-23(29)15-7-3-2-4-8-15)11-12-28(20)22-21(17)26-18-9-5-6-10-19(18)27-22/h2-14H,1H3,(H,25,29). The zero-order valence-corrected chi connectivity index (χ0v) is 15.7. The Morgan fingerprint density at radius 3 is 2.48 bits per heavy atom. The summed E-state index contributed by atoms with van der Waals surface area (Å²) in [6.07, 6.45) is 3.68. The molecule has 6 nitrogen and oxygen atoms in total. The summed E-state index contributed by atoms with van der Waals surface area (Å²) in [4.78, 5) is 26.3. The lowest BCUT2D eigenvalue weighted by Crippen LogP contribution is -2.11. The second kappa shape index (κ2) is 6.83. The van der Waals surface area contributed by atoms with E-state index in [1.807, 2.05) is 65.2 Å². The molecule has 5 aromatic rings. The van der Waals surface area contributed by atoms with Gasteiger partial charge in [-0.3, -0.25) is 14.2 Å². The van der Waals surface area contributed by atoms with Crippen LogP contribution in [0.2, 0.25) is 0 Å². The molecule has 0 spiro atoms. The van der Waals surface area contributed by atoms with Crippen molar-refractivity contribution in [2.24, 2.45) is 4.99 Å². The van der Waals surface area contributed by atoms with Crippen molar-refractivity contribution in [2.45, 2.75) is 0 Å². The number of aromatic nitrogens is 3. The SMILES string of the molecule is CN=Cc1c2nc3ccccc3nc2n2ccc(NC(=O)c3ccccc3)cc12. The second-order valence-electron chi connectivity index (χ2n) is 6.68. The molecule has 0 bridgehead atoms. The van der Waals surface area contributed by atoms with Gasteiger partial charge in [0, 0.05) is 36.3 Å². The van der Waals surface area contributed by atoms with Crippen LogP contribution in [0.25, 0.3) is 27.7 Å². The average Bonchev–Trinajstić information content (AvgIpc) is 3.05. The van der Waals surface area contributed by atoms with Gasteiger partial charge in [0.1, 0.15) is 5.52 Å². The molecule has 3 heterocycles. The summed E-state index contributed by atoms with van der Waals surface area (Å²) in [5.74, 6) is -0.154. The molecular formula is C23H17N5O. The highest BCUT2D eigenvalue weighted by Gasteiger charge is 2.15. The number of rotatable bonds is 3. The van der Waals surface area contributed by atoms with Crippen LogP contribution >= 0.6 is 0 Å². The highest BCUT2D eigenvalue weighted by molar-refractivity contribution is 6.08. The van der Waals surface area contributed by atoms with Crippen molar-refractivity contribution >= 4 is 45.5 Å². The number of nitrogens with zero attached hydrogens (tertiary/aromatic N) is 4. The first-order chi connectivity index (χ1) is 14.2. The molecule has 0 aliphatic heterocycles. The van der Waals surface area contributed by atoms with E-state index in [1.54, 1.807) is 25.4 Å². The molecule has 3 aromatic heterocycles. The Hall–Kier alpha value is -4.06. The monoisotopic (exact) mass is 379 g/mol. The van der Waals surface area contributed by atoms with E-state index in [4.69, 9.17) is 9.97 Å². The zero-order chi connectivity index (χ0) is 19.8. The first-order valence-corrected chi connectivity index (χ1v) is 9.24. The number of hydrogen-bond donors (Lipinski definition) is 1. The number of carbonyl (C=O) groups excluding carboxylic acids is 1. The minimum Gasteiger partial charge on any atom is -0.322 e. The van der Waals surface area contributed by atoms with E-state index in [2.05, 4.69) is 10.3 Å². The van der Waals surface area contributed by atoms with E-state index in [9.17, 15) is 4.79 Å². The number of carbonyl (C=O) groups is 1. The molecular weight excluding hydrogens is 362 g/mol. The molecule has 0 aliphatic rings. The van der Waals surface area contributed by atoms with Crippen LogP contribution in [0.5, 0.6) is 0 Å². The number of aliphatic imine (C=N–C) groups is 1. The summed E-state index contributed by atoms with van der Waals surface area (Å²) < 4.78 is 1.98. The van der Waals surface area contributed by atoms with E-state index in [0.29, 0.717) is 11.3 Å². The largest absolute Gasteiger partial charge is 0.322 e. The Morgan fingerprint density at radius 1 is 1.00 bits per heavy atom. The molecule has 0 unspecified atom stereocenters. The third kappa shape index (κ3) is 2.91. The third-order valence-electron chi connectivity index (χ3n) is 4.82. The van der Waals surface area contributed by atoms with Crippen molar-refractivity contribution in [2.75, 3.05) is 12.4 Å². The van der Waals surface area contributed by atoms with Gasteiger partial charge in [-0.05, 0) is 36.4 Å². The fourth-order valence-corrected chi connectivity index (χ4v) is 3.48. The summed E-state index contributed by atoms with van der Waals surface area (Å²) in [7, 11) is 1.73. The Balaban J connectivity index is 1.68. The Kier molecular flexibility index (Phi) is 4.02. The predicted molar refractivity (Wildman–Crippen MR) is 116 cm³/mol. The number of fused-ring (bicyclic) bond motifs is 4. The lowest BCUT2D eigenvalue weighted by atomic mass is 10.2. The molecule has 0 saturated carbocycles. The fraction of sp³-hybridized carbons (Fsp3) is 0.0435. The third-order valence-corrected chi connectivity index (χ3v) is 4.82. The number of nitrogens with one attached hydrogen (secondary N) is 1. The molecule has 0 radical (unpaired) electrons. The zero-order valence-electron chi connectivity index (χ0n) is 15.7. The van der Waals surface area contributed by atoms with Gasteiger partial charge in [-0.2, -0.15) is 0 Å². The fourth-order valence-electron chi connectivity index (χ4n) is 3.48. The van der Waals surface area contributed by atoms with Gasteiger partial charge in [0.05, 0.1) is 16.6 Å². The Bertz CT molecular complexity index is 1400. The maximum absolute atomic E-state index is 12.5. The summed E-state index contributed by atoms with van der Waals surface area (Å²) in [5.41, 5.74) is 6.26. The van der Waals surface area contributed by atoms with Crippen molar-refractivity contribution in [3.05, 3.63) is 84.1 Å². The lowest BCUT2D eigenvalue weighted by Gasteiger charge is -2.06. The number of hydrogen-bond acceptors (Lipinski definition) is 4. The van der Waals surface area contributed by atoms with Crippen LogP contribution in [0.3, 0.4) is 0 Å². The number of benzene rings is 2. The second-order valence-corrected chi connectivity index (χ2v) is 6.68. The van der Waals surface area contributed by atoms with Gasteiger partial charge in [-0.25, -0.2) is 9.97 Å². The van der Waals surface area contributed by atoms with Crippen molar-refractivity contribution in [3.8, 4) is 0 Å². The molecule has 0 aliphatic carbocycles. The van der Waals surface area contributed by atoms with Crippen LogP contribution in [-0.4, -0.2) is 33.5 Å². The van der Waals surface area contributed by atoms with Crippen LogP contribution in [0.4, 0.5) is 5.69 Å². The van der Waals surface area contributed by atoms with Gasteiger partial charge in [-0.1, -0.05) is 30.3 Å². The highest BCUT2D eigenvalue weighted by atomic mass is 16.1. The predicted octanol–water partition coefficient (Wildman–Crippen LogP) is 4.34. The number of amides is 1. The molecule has 6 heteroatoms. The van der Waals surface area contributed by atoms with Gasteiger partial charge in [-0.15, -0.1) is 0 Å². The number of para-hydroxylation sites is 2. The lowest BCUT2D eigenvalue weighted by molar-refractivity contribution is 0.102. The summed E-state index contributed by atoms with van der Waals surface area (Å²) in [6.45, 7) is 0. The molecule has 29 heavy (non-hydrogen) atoms. The summed E-state index contributed by atoms with van der Waals surface area (Å²) >= 11 is 0. The molecule has 140 valence electrons. The van der Waals surface area contributed by atoms with Gasteiger partial charge in [0.15, 0.2) is 5.65 Å². The minimum absolute atomic E-state index is 0.154. The van der Waals surface area contributed by atoms with E-state index in [-0.39, 0.29) is 5.91 Å². The Morgan fingerprint density at radius 2 is 1.72 bits per heavy atom. The smallest absolute Gasteiger partial charge is 0.255 e. The molecule has 0 saturated heterocycles.